The molecule has 2 saturated heterocycles. The van der Waals surface area contributed by atoms with Crippen molar-refractivity contribution in [3.63, 3.8) is 0 Å². The van der Waals surface area contributed by atoms with E-state index in [4.69, 9.17) is 5.73 Å². The van der Waals surface area contributed by atoms with Gasteiger partial charge in [-0.05, 0) is 44.7 Å². The maximum Gasteiger partial charge on any atom is 0.239 e. The molecule has 2 aliphatic heterocycles. The number of rotatable bonds is 4. The molecule has 0 saturated carbocycles. The largest absolute Gasteiger partial charge is 0.341 e. The summed E-state index contributed by atoms with van der Waals surface area (Å²) in [5.41, 5.74) is 6.06. The molecule has 2 atom stereocenters. The lowest BCUT2D eigenvalue weighted by atomic mass is 9.97. The average molecular weight is 267 g/mol. The lowest BCUT2D eigenvalue weighted by molar-refractivity contribution is -0.135. The molecule has 0 radical (unpaired) electrons. The second-order valence-electron chi connectivity index (χ2n) is 6.21. The van der Waals surface area contributed by atoms with Crippen LogP contribution in [0.4, 0.5) is 0 Å². The highest BCUT2D eigenvalue weighted by molar-refractivity contribution is 5.82. The second-order valence-corrected chi connectivity index (χ2v) is 6.21. The first-order valence-corrected chi connectivity index (χ1v) is 7.92. The lowest BCUT2D eigenvalue weighted by Gasteiger charge is -2.38. The normalized spacial score (nSPS) is 25.5. The Bertz CT molecular complexity index is 294. The Hall–Kier alpha value is -0.610. The van der Waals surface area contributed by atoms with Crippen molar-refractivity contribution in [1.82, 2.24) is 9.80 Å². The summed E-state index contributed by atoms with van der Waals surface area (Å²) >= 11 is 0. The molecule has 0 aromatic carbocycles. The van der Waals surface area contributed by atoms with Crippen molar-refractivity contribution in [3.8, 4) is 0 Å². The van der Waals surface area contributed by atoms with Crippen molar-refractivity contribution in [2.75, 3.05) is 26.2 Å². The van der Waals surface area contributed by atoms with Crippen molar-refractivity contribution in [2.45, 2.75) is 58.0 Å². The molecule has 0 unspecified atom stereocenters. The quantitative estimate of drug-likeness (QED) is 0.838. The van der Waals surface area contributed by atoms with Gasteiger partial charge in [-0.3, -0.25) is 4.79 Å². The number of nitrogens with two attached hydrogens (primary N) is 1. The summed E-state index contributed by atoms with van der Waals surface area (Å²) in [5, 5.41) is 0. The molecule has 2 fully saturated rings. The first-order chi connectivity index (χ1) is 9.13. The van der Waals surface area contributed by atoms with E-state index < -0.39 is 0 Å². The number of amides is 1. The van der Waals surface area contributed by atoms with Crippen LogP contribution in [0.2, 0.25) is 0 Å². The summed E-state index contributed by atoms with van der Waals surface area (Å²) in [6, 6.07) is 0.389. The third-order valence-corrected chi connectivity index (χ3v) is 4.98. The minimum absolute atomic E-state index is 0.161. The predicted molar refractivity (Wildman–Crippen MR) is 77.8 cm³/mol. The summed E-state index contributed by atoms with van der Waals surface area (Å²) in [5.74, 6) is 0.443. The molecule has 0 aliphatic carbocycles. The van der Waals surface area contributed by atoms with Crippen LogP contribution < -0.4 is 5.73 Å². The molecule has 19 heavy (non-hydrogen) atoms. The fraction of sp³-hybridized carbons (Fsp3) is 0.933. The highest BCUT2D eigenvalue weighted by Gasteiger charge is 2.31. The molecular weight excluding hydrogens is 238 g/mol. The number of likely N-dealkylation sites (tertiary alicyclic amines) is 2. The average Bonchev–Trinajstić information content (AvgIpc) is 2.99. The van der Waals surface area contributed by atoms with E-state index in [1.165, 1.54) is 25.9 Å². The third kappa shape index (κ3) is 3.48. The van der Waals surface area contributed by atoms with Gasteiger partial charge in [-0.15, -0.1) is 0 Å². The molecule has 0 aromatic rings. The topological polar surface area (TPSA) is 49.6 Å². The van der Waals surface area contributed by atoms with Gasteiger partial charge in [0, 0.05) is 19.1 Å². The summed E-state index contributed by atoms with van der Waals surface area (Å²) in [6.45, 7) is 8.46. The standard InChI is InChI=1S/C15H29N3O/c1-3-12(2)14(16)15(19)18-10-6-13(7-11-18)17-8-4-5-9-17/h12-14H,3-11,16H2,1-2H3/t12-,14-/m0/s1. The Kier molecular flexibility index (Phi) is 5.22. The number of hydrogen-bond donors (Lipinski definition) is 1. The summed E-state index contributed by atoms with van der Waals surface area (Å²) < 4.78 is 0. The zero-order chi connectivity index (χ0) is 13.8. The van der Waals surface area contributed by atoms with Crippen molar-refractivity contribution in [3.05, 3.63) is 0 Å². The summed E-state index contributed by atoms with van der Waals surface area (Å²) in [6.07, 6.45) is 5.91. The van der Waals surface area contributed by atoms with Gasteiger partial charge in [0.05, 0.1) is 6.04 Å². The van der Waals surface area contributed by atoms with E-state index in [1.807, 2.05) is 4.90 Å². The van der Waals surface area contributed by atoms with Gasteiger partial charge in [-0.1, -0.05) is 20.3 Å². The molecule has 110 valence electrons. The van der Waals surface area contributed by atoms with Crippen molar-refractivity contribution >= 4 is 5.91 Å². The fourth-order valence-electron chi connectivity index (χ4n) is 3.27. The molecule has 2 aliphatic rings. The Labute approximate surface area is 117 Å². The van der Waals surface area contributed by atoms with Gasteiger partial charge in [-0.2, -0.15) is 0 Å². The Morgan fingerprint density at radius 1 is 1.21 bits per heavy atom. The van der Waals surface area contributed by atoms with E-state index in [0.29, 0.717) is 6.04 Å². The van der Waals surface area contributed by atoms with E-state index >= 15 is 0 Å². The smallest absolute Gasteiger partial charge is 0.239 e. The van der Waals surface area contributed by atoms with Gasteiger partial charge in [0.25, 0.3) is 0 Å². The third-order valence-electron chi connectivity index (χ3n) is 4.98. The molecule has 0 bridgehead atoms. The lowest BCUT2D eigenvalue weighted by Crippen LogP contribution is -2.52. The highest BCUT2D eigenvalue weighted by Crippen LogP contribution is 2.22. The van der Waals surface area contributed by atoms with Crippen molar-refractivity contribution in [2.24, 2.45) is 11.7 Å². The molecule has 4 heteroatoms. The molecule has 1 amide bonds. The van der Waals surface area contributed by atoms with E-state index in [1.54, 1.807) is 0 Å². The zero-order valence-electron chi connectivity index (χ0n) is 12.5. The number of carbonyl (C=O) groups is 1. The zero-order valence-corrected chi connectivity index (χ0v) is 12.5. The maximum atomic E-state index is 12.3. The Balaban J connectivity index is 1.80. The highest BCUT2D eigenvalue weighted by atomic mass is 16.2. The second kappa shape index (κ2) is 6.71. The van der Waals surface area contributed by atoms with Gasteiger partial charge in [0.1, 0.15) is 0 Å². The molecular formula is C15H29N3O. The summed E-state index contributed by atoms with van der Waals surface area (Å²) in [7, 11) is 0. The Morgan fingerprint density at radius 3 is 2.32 bits per heavy atom. The molecule has 4 nitrogen and oxygen atoms in total. The molecule has 2 heterocycles. The van der Waals surface area contributed by atoms with E-state index in [0.717, 1.165) is 32.4 Å². The van der Waals surface area contributed by atoms with Crippen molar-refractivity contribution in [1.29, 1.82) is 0 Å². The van der Waals surface area contributed by atoms with Crippen molar-refractivity contribution < 1.29 is 4.79 Å². The van der Waals surface area contributed by atoms with Gasteiger partial charge >= 0.3 is 0 Å². The van der Waals surface area contributed by atoms with Gasteiger partial charge < -0.3 is 15.5 Å². The van der Waals surface area contributed by atoms with Gasteiger partial charge in [-0.25, -0.2) is 0 Å². The molecule has 2 rings (SSSR count). The van der Waals surface area contributed by atoms with Crippen LogP contribution in [-0.2, 0) is 4.79 Å². The SMILES string of the molecule is CC[C@H](C)[C@H](N)C(=O)N1CCC(N2CCCC2)CC1. The number of hydrogen-bond acceptors (Lipinski definition) is 3. The van der Waals surface area contributed by atoms with Crippen LogP contribution in [-0.4, -0.2) is 54.0 Å². The van der Waals surface area contributed by atoms with Crippen LogP contribution in [0.1, 0.15) is 46.0 Å². The number of nitrogens with zero attached hydrogens (tertiary/aromatic N) is 2. The van der Waals surface area contributed by atoms with Gasteiger partial charge in [0.15, 0.2) is 0 Å². The van der Waals surface area contributed by atoms with Gasteiger partial charge in [0.2, 0.25) is 5.91 Å². The number of piperidine rings is 1. The van der Waals surface area contributed by atoms with E-state index in [9.17, 15) is 4.79 Å². The van der Waals surface area contributed by atoms with Crippen LogP contribution in [0.25, 0.3) is 0 Å². The fourth-order valence-corrected chi connectivity index (χ4v) is 3.27. The number of carbonyl (C=O) groups excluding carboxylic acids is 1. The Morgan fingerprint density at radius 2 is 1.79 bits per heavy atom. The van der Waals surface area contributed by atoms with E-state index in [2.05, 4.69) is 18.7 Å². The maximum absolute atomic E-state index is 12.3. The minimum Gasteiger partial charge on any atom is -0.341 e. The summed E-state index contributed by atoms with van der Waals surface area (Å²) in [4.78, 5) is 16.9. The molecule has 2 N–H and O–H groups in total. The van der Waals surface area contributed by atoms with Crippen LogP contribution in [0.15, 0.2) is 0 Å². The van der Waals surface area contributed by atoms with Crippen LogP contribution in [0, 0.1) is 5.92 Å². The molecule has 0 spiro atoms. The monoisotopic (exact) mass is 267 g/mol. The van der Waals surface area contributed by atoms with Crippen LogP contribution >= 0.6 is 0 Å². The van der Waals surface area contributed by atoms with Crippen LogP contribution in [0.5, 0.6) is 0 Å². The molecule has 0 aromatic heterocycles. The first kappa shape index (κ1) is 14.8. The first-order valence-electron chi connectivity index (χ1n) is 7.92. The minimum atomic E-state index is -0.312. The predicted octanol–water partition coefficient (Wildman–Crippen LogP) is 1.45. The van der Waals surface area contributed by atoms with E-state index in [-0.39, 0.29) is 17.9 Å². The van der Waals surface area contributed by atoms with Crippen LogP contribution in [0.3, 0.4) is 0 Å².